The molecule has 0 aliphatic carbocycles. The fourth-order valence-corrected chi connectivity index (χ4v) is 3.81. The fourth-order valence-electron chi connectivity index (χ4n) is 3.81. The van der Waals surface area contributed by atoms with Crippen LogP contribution in [-0.2, 0) is 22.4 Å². The second kappa shape index (κ2) is 8.60. The molecule has 6 heteroatoms. The number of benzene rings is 2. The first kappa shape index (κ1) is 20.6. The Hall–Kier alpha value is -3.67. The average molecular weight is 415 g/mol. The number of nitrogens with zero attached hydrogens (tertiary/aromatic N) is 2. The van der Waals surface area contributed by atoms with E-state index in [0.29, 0.717) is 5.82 Å². The monoisotopic (exact) mass is 414 g/mol. The van der Waals surface area contributed by atoms with Crippen molar-refractivity contribution in [3.8, 4) is 0 Å². The zero-order valence-corrected chi connectivity index (χ0v) is 18.0. The van der Waals surface area contributed by atoms with E-state index in [-0.39, 0.29) is 12.5 Å². The van der Waals surface area contributed by atoms with Crippen LogP contribution >= 0.6 is 0 Å². The Bertz CT molecular complexity index is 1280. The van der Waals surface area contributed by atoms with Gasteiger partial charge in [-0.05, 0) is 73.2 Å². The van der Waals surface area contributed by atoms with Crippen LogP contribution < -0.4 is 11.1 Å². The molecule has 0 saturated carbocycles. The number of aromatic nitrogens is 2. The molecular formula is C25H26N4O2. The van der Waals surface area contributed by atoms with Crippen molar-refractivity contribution in [2.75, 3.05) is 24.7 Å². The van der Waals surface area contributed by atoms with Crippen LogP contribution in [0.25, 0.3) is 21.8 Å². The predicted molar refractivity (Wildman–Crippen MR) is 125 cm³/mol. The summed E-state index contributed by atoms with van der Waals surface area (Å²) in [5.74, 6) is 0.176. The van der Waals surface area contributed by atoms with E-state index in [9.17, 15) is 4.79 Å². The predicted octanol–water partition coefficient (Wildman–Crippen LogP) is 4.35. The molecule has 4 aromatic rings. The van der Waals surface area contributed by atoms with E-state index in [2.05, 4.69) is 70.3 Å². The van der Waals surface area contributed by atoms with Gasteiger partial charge in [0, 0.05) is 22.7 Å². The summed E-state index contributed by atoms with van der Waals surface area (Å²) in [7, 11) is 1.38. The van der Waals surface area contributed by atoms with Gasteiger partial charge >= 0.3 is 5.97 Å². The second-order valence-electron chi connectivity index (χ2n) is 7.83. The van der Waals surface area contributed by atoms with Gasteiger partial charge < -0.3 is 15.8 Å². The topological polar surface area (TPSA) is 90.1 Å². The smallest absolute Gasteiger partial charge is 0.325 e. The number of fused-ring (bicyclic) bond motifs is 3. The van der Waals surface area contributed by atoms with Gasteiger partial charge in [-0.25, -0.2) is 4.98 Å². The first-order valence-corrected chi connectivity index (χ1v) is 10.3. The van der Waals surface area contributed by atoms with E-state index in [1.165, 1.54) is 18.2 Å². The minimum atomic E-state index is -0.288. The van der Waals surface area contributed by atoms with Crippen molar-refractivity contribution in [3.05, 3.63) is 70.9 Å². The van der Waals surface area contributed by atoms with Gasteiger partial charge in [0.1, 0.15) is 12.1 Å². The number of anilines is 2. The molecule has 2 aromatic carbocycles. The Morgan fingerprint density at radius 3 is 2.68 bits per heavy atom. The third-order valence-electron chi connectivity index (χ3n) is 5.56. The Labute approximate surface area is 181 Å². The third-order valence-corrected chi connectivity index (χ3v) is 5.56. The highest BCUT2D eigenvalue weighted by molar-refractivity contribution is 6.08. The zero-order valence-electron chi connectivity index (χ0n) is 18.0. The van der Waals surface area contributed by atoms with Crippen molar-refractivity contribution in [3.63, 3.8) is 0 Å². The van der Waals surface area contributed by atoms with E-state index in [0.717, 1.165) is 51.5 Å². The molecule has 0 aliphatic heterocycles. The van der Waals surface area contributed by atoms with E-state index in [4.69, 9.17) is 5.73 Å². The molecule has 0 unspecified atom stereocenters. The molecule has 0 bridgehead atoms. The fraction of sp³-hybridized carbons (Fsp3) is 0.240. The Morgan fingerprint density at radius 2 is 1.90 bits per heavy atom. The van der Waals surface area contributed by atoms with Crippen LogP contribution in [0, 0.1) is 13.8 Å². The number of hydrogen-bond donors (Lipinski definition) is 2. The maximum Gasteiger partial charge on any atom is 0.325 e. The Balaban J connectivity index is 1.55. The highest BCUT2D eigenvalue weighted by atomic mass is 16.5. The first-order valence-electron chi connectivity index (χ1n) is 10.3. The Kier molecular flexibility index (Phi) is 5.71. The molecule has 0 saturated heterocycles. The van der Waals surface area contributed by atoms with Gasteiger partial charge in [-0.3, -0.25) is 9.78 Å². The lowest BCUT2D eigenvalue weighted by Crippen LogP contribution is -2.15. The molecule has 0 atom stereocenters. The Morgan fingerprint density at radius 1 is 1.06 bits per heavy atom. The number of rotatable bonds is 6. The van der Waals surface area contributed by atoms with Gasteiger partial charge in [-0.2, -0.15) is 0 Å². The normalized spacial score (nSPS) is 11.1. The SMILES string of the molecule is COC(=O)CNc1ccc(CCc2cnc3c(N)nc4cc(C)ccc4c3c2)c(C)c1. The van der Waals surface area contributed by atoms with E-state index >= 15 is 0 Å². The van der Waals surface area contributed by atoms with Crippen LogP contribution in [-0.4, -0.2) is 29.6 Å². The highest BCUT2D eigenvalue weighted by Gasteiger charge is 2.10. The largest absolute Gasteiger partial charge is 0.468 e. The summed E-state index contributed by atoms with van der Waals surface area (Å²) in [5.41, 5.74) is 13.5. The maximum atomic E-state index is 11.3. The van der Waals surface area contributed by atoms with Crippen LogP contribution in [0.15, 0.2) is 48.7 Å². The lowest BCUT2D eigenvalue weighted by atomic mass is 9.99. The van der Waals surface area contributed by atoms with E-state index in [1.807, 2.05) is 12.3 Å². The molecule has 2 aromatic heterocycles. The van der Waals surface area contributed by atoms with Crippen LogP contribution in [0.5, 0.6) is 0 Å². The van der Waals surface area contributed by atoms with Crippen LogP contribution in [0.1, 0.15) is 22.3 Å². The molecule has 6 nitrogen and oxygen atoms in total. The van der Waals surface area contributed by atoms with Crippen molar-refractivity contribution < 1.29 is 9.53 Å². The molecule has 0 spiro atoms. The summed E-state index contributed by atoms with van der Waals surface area (Å²) in [5, 5.41) is 5.19. The number of carbonyl (C=O) groups excluding carboxylic acids is 1. The number of nitrogens with two attached hydrogens (primary N) is 1. The van der Waals surface area contributed by atoms with Gasteiger partial charge in [0.05, 0.1) is 12.6 Å². The highest BCUT2D eigenvalue weighted by Crippen LogP contribution is 2.28. The number of methoxy groups -OCH3 is 1. The van der Waals surface area contributed by atoms with Gasteiger partial charge in [0.2, 0.25) is 0 Å². The molecule has 4 rings (SSSR count). The second-order valence-corrected chi connectivity index (χ2v) is 7.83. The van der Waals surface area contributed by atoms with Crippen molar-refractivity contribution in [2.45, 2.75) is 26.7 Å². The van der Waals surface area contributed by atoms with Crippen molar-refractivity contribution in [1.82, 2.24) is 9.97 Å². The van der Waals surface area contributed by atoms with E-state index in [1.54, 1.807) is 0 Å². The molecule has 0 aliphatic rings. The molecular weight excluding hydrogens is 388 g/mol. The molecule has 0 amide bonds. The molecule has 2 heterocycles. The number of aryl methyl sites for hydroxylation is 4. The summed E-state index contributed by atoms with van der Waals surface area (Å²) < 4.78 is 4.66. The summed E-state index contributed by atoms with van der Waals surface area (Å²) in [6.07, 6.45) is 3.66. The minimum absolute atomic E-state index is 0.156. The van der Waals surface area contributed by atoms with Gasteiger partial charge in [0.25, 0.3) is 0 Å². The van der Waals surface area contributed by atoms with Crippen molar-refractivity contribution >= 4 is 39.3 Å². The number of nitrogens with one attached hydrogen (secondary N) is 1. The molecule has 0 radical (unpaired) electrons. The van der Waals surface area contributed by atoms with Crippen LogP contribution in [0.3, 0.4) is 0 Å². The lowest BCUT2D eigenvalue weighted by Gasteiger charge is -2.11. The quantitative estimate of drug-likeness (QED) is 0.360. The average Bonchev–Trinajstić information content (AvgIpc) is 2.76. The molecule has 158 valence electrons. The number of nitrogen functional groups attached to an aromatic ring is 1. The van der Waals surface area contributed by atoms with Crippen molar-refractivity contribution in [1.29, 1.82) is 0 Å². The van der Waals surface area contributed by atoms with Gasteiger partial charge in [0.15, 0.2) is 5.82 Å². The summed E-state index contributed by atoms with van der Waals surface area (Å²) >= 11 is 0. The van der Waals surface area contributed by atoms with Gasteiger partial charge in [-0.15, -0.1) is 0 Å². The third kappa shape index (κ3) is 4.43. The molecule has 3 N–H and O–H groups in total. The van der Waals surface area contributed by atoms with Crippen LogP contribution in [0.2, 0.25) is 0 Å². The van der Waals surface area contributed by atoms with Crippen molar-refractivity contribution in [2.24, 2.45) is 0 Å². The minimum Gasteiger partial charge on any atom is -0.468 e. The summed E-state index contributed by atoms with van der Waals surface area (Å²) in [6, 6.07) is 14.6. The number of ether oxygens (including phenoxy) is 1. The first-order chi connectivity index (χ1) is 14.9. The van der Waals surface area contributed by atoms with Gasteiger partial charge in [-0.1, -0.05) is 18.2 Å². The van der Waals surface area contributed by atoms with E-state index < -0.39 is 0 Å². The lowest BCUT2D eigenvalue weighted by molar-refractivity contribution is -0.138. The number of carbonyl (C=O) groups is 1. The summed E-state index contributed by atoms with van der Waals surface area (Å²) in [4.78, 5) is 20.4. The number of esters is 1. The summed E-state index contributed by atoms with van der Waals surface area (Å²) in [6.45, 7) is 4.29. The van der Waals surface area contributed by atoms with Crippen LogP contribution in [0.4, 0.5) is 11.5 Å². The standard InChI is InChI=1S/C25H26N4O2/c1-15-4-9-20-21-12-17(13-28-24(21)25(26)29-22(20)10-15)5-6-18-7-8-19(11-16(18)2)27-14-23(30)31-3/h4,7-13,27H,5-6,14H2,1-3H3,(H2,26,29). The molecule has 0 fully saturated rings. The number of hydrogen-bond acceptors (Lipinski definition) is 6. The maximum absolute atomic E-state index is 11.3. The molecule has 31 heavy (non-hydrogen) atoms. The zero-order chi connectivity index (χ0) is 22.0. The number of pyridine rings is 2.